The Balaban J connectivity index is 1.39. The van der Waals surface area contributed by atoms with Crippen LogP contribution in [-0.4, -0.2) is 4.98 Å². The lowest BCUT2D eigenvalue weighted by atomic mass is 9.85. The number of benzene rings is 7. The minimum absolute atomic E-state index is 1.16. The fourth-order valence-corrected chi connectivity index (χ4v) is 6.10. The van der Waals surface area contributed by atoms with Crippen molar-refractivity contribution in [3.05, 3.63) is 140 Å². The molecule has 1 heterocycles. The maximum absolute atomic E-state index is 4.50. The Labute approximate surface area is 221 Å². The largest absolute Gasteiger partial charge is 0.263 e. The van der Waals surface area contributed by atoms with Crippen molar-refractivity contribution in [1.29, 1.82) is 0 Å². The van der Waals surface area contributed by atoms with Gasteiger partial charge in [-0.3, -0.25) is 4.98 Å². The van der Waals surface area contributed by atoms with E-state index in [2.05, 4.69) is 132 Å². The van der Waals surface area contributed by atoms with Crippen LogP contribution in [0.3, 0.4) is 0 Å². The van der Waals surface area contributed by atoms with Crippen LogP contribution in [0, 0.1) is 0 Å². The van der Waals surface area contributed by atoms with Crippen molar-refractivity contribution in [2.45, 2.75) is 0 Å². The first-order valence-corrected chi connectivity index (χ1v) is 13.0. The van der Waals surface area contributed by atoms with Gasteiger partial charge in [0.05, 0.1) is 0 Å². The highest BCUT2D eigenvalue weighted by molar-refractivity contribution is 6.28. The summed E-state index contributed by atoms with van der Waals surface area (Å²) >= 11 is 0. The topological polar surface area (TPSA) is 12.9 Å². The molecule has 0 atom stereocenters. The first-order valence-electron chi connectivity index (χ1n) is 13.0. The zero-order valence-corrected chi connectivity index (χ0v) is 20.7. The van der Waals surface area contributed by atoms with Crippen molar-refractivity contribution in [3.63, 3.8) is 0 Å². The van der Waals surface area contributed by atoms with Crippen LogP contribution in [0.1, 0.15) is 0 Å². The molecule has 0 fully saturated rings. The zero-order valence-electron chi connectivity index (χ0n) is 20.7. The van der Waals surface area contributed by atoms with Crippen molar-refractivity contribution in [3.8, 4) is 33.4 Å². The van der Waals surface area contributed by atoms with E-state index in [1.807, 2.05) is 12.4 Å². The fraction of sp³-hybridized carbons (Fsp3) is 0. The summed E-state index contributed by atoms with van der Waals surface area (Å²) in [6, 6.07) is 46.3. The lowest BCUT2D eigenvalue weighted by molar-refractivity contribution is 1.36. The second-order valence-corrected chi connectivity index (χ2v) is 10.0. The molecule has 0 N–H and O–H groups in total. The van der Waals surface area contributed by atoms with Gasteiger partial charge in [-0.1, -0.05) is 121 Å². The third-order valence-corrected chi connectivity index (χ3v) is 7.91. The molecule has 1 aromatic heterocycles. The Morgan fingerprint density at radius 2 is 0.921 bits per heavy atom. The van der Waals surface area contributed by atoms with Crippen molar-refractivity contribution in [2.75, 3.05) is 0 Å². The van der Waals surface area contributed by atoms with Gasteiger partial charge in [0.25, 0.3) is 0 Å². The van der Waals surface area contributed by atoms with E-state index in [0.717, 1.165) is 10.9 Å². The molecule has 0 aliphatic heterocycles. The molecule has 7 aromatic carbocycles. The number of nitrogens with zero attached hydrogens (tertiary/aromatic N) is 1. The van der Waals surface area contributed by atoms with Crippen LogP contribution in [0.2, 0.25) is 0 Å². The number of hydrogen-bond donors (Lipinski definition) is 0. The Bertz CT molecular complexity index is 2080. The van der Waals surface area contributed by atoms with Crippen molar-refractivity contribution in [1.82, 2.24) is 4.98 Å². The Hall–Kier alpha value is -5.01. The van der Waals surface area contributed by atoms with Gasteiger partial charge in [-0.2, -0.15) is 0 Å². The van der Waals surface area contributed by atoms with Gasteiger partial charge >= 0.3 is 0 Å². The van der Waals surface area contributed by atoms with Gasteiger partial charge in [-0.25, -0.2) is 0 Å². The average molecular weight is 482 g/mol. The summed E-state index contributed by atoms with van der Waals surface area (Å²) in [5, 5.41) is 10.3. The molecule has 0 saturated carbocycles. The maximum atomic E-state index is 4.50. The predicted octanol–water partition coefficient (Wildman–Crippen LogP) is 10.1. The number of hydrogen-bond acceptors (Lipinski definition) is 1. The Morgan fingerprint density at radius 3 is 1.63 bits per heavy atom. The summed E-state index contributed by atoms with van der Waals surface area (Å²) in [5.41, 5.74) is 7.34. The molecule has 0 bridgehead atoms. The molecule has 0 spiro atoms. The van der Waals surface area contributed by atoms with E-state index in [-0.39, 0.29) is 0 Å². The number of aromatic nitrogens is 1. The lowest BCUT2D eigenvalue weighted by Gasteiger charge is -2.18. The predicted molar refractivity (Wildman–Crippen MR) is 162 cm³/mol. The molecule has 176 valence electrons. The monoisotopic (exact) mass is 481 g/mol. The number of fused-ring (bicyclic) bond motifs is 1. The molecular formula is C37H23N. The van der Waals surface area contributed by atoms with Gasteiger partial charge in [0.15, 0.2) is 0 Å². The van der Waals surface area contributed by atoms with Crippen molar-refractivity contribution < 1.29 is 0 Å². The van der Waals surface area contributed by atoms with Crippen molar-refractivity contribution in [2.24, 2.45) is 0 Å². The molecule has 1 nitrogen and oxygen atoms in total. The minimum atomic E-state index is 1.16. The van der Waals surface area contributed by atoms with Crippen molar-refractivity contribution >= 4 is 43.1 Å². The van der Waals surface area contributed by atoms with E-state index >= 15 is 0 Å². The summed E-state index contributed by atoms with van der Waals surface area (Å²) in [6.45, 7) is 0. The zero-order chi connectivity index (χ0) is 25.1. The Morgan fingerprint density at radius 1 is 0.342 bits per heavy atom. The molecule has 0 amide bonds. The standard InChI is InChI=1S/C37H23N/c1-2-7-24(8-3-1)33-21-34(32-20-18-28-11-6-10-27-17-19-31(33)37(32)36(27)28)25-13-15-26(16-14-25)35-23-38-22-29-9-4-5-12-30(29)35/h1-23H. The first-order chi connectivity index (χ1) is 18.8. The van der Waals surface area contributed by atoms with Gasteiger partial charge in [-0.05, 0) is 71.6 Å². The van der Waals surface area contributed by atoms with E-state index in [0.29, 0.717) is 0 Å². The van der Waals surface area contributed by atoms with Gasteiger partial charge in [0, 0.05) is 23.3 Å². The van der Waals surface area contributed by atoms with E-state index < -0.39 is 0 Å². The van der Waals surface area contributed by atoms with Crippen LogP contribution >= 0.6 is 0 Å². The lowest BCUT2D eigenvalue weighted by Crippen LogP contribution is -1.91. The molecule has 8 rings (SSSR count). The molecule has 8 aromatic rings. The SMILES string of the molecule is c1ccc(-c2cc(-c3ccc(-c4cncc5ccccc45)cc3)c3ccc4cccc5ccc2c3c54)cc1. The van der Waals surface area contributed by atoms with Crippen LogP contribution < -0.4 is 0 Å². The third-order valence-electron chi connectivity index (χ3n) is 7.91. The second kappa shape index (κ2) is 8.26. The molecule has 0 unspecified atom stereocenters. The van der Waals surface area contributed by atoms with Gasteiger partial charge in [-0.15, -0.1) is 0 Å². The molecular weight excluding hydrogens is 458 g/mol. The number of pyridine rings is 1. The van der Waals surface area contributed by atoms with E-state index in [4.69, 9.17) is 0 Å². The van der Waals surface area contributed by atoms with E-state index in [9.17, 15) is 0 Å². The summed E-state index contributed by atoms with van der Waals surface area (Å²) in [5.74, 6) is 0. The maximum Gasteiger partial charge on any atom is 0.0352 e. The smallest absolute Gasteiger partial charge is 0.0352 e. The molecule has 0 aliphatic rings. The van der Waals surface area contributed by atoms with Gasteiger partial charge < -0.3 is 0 Å². The summed E-state index contributed by atoms with van der Waals surface area (Å²) < 4.78 is 0. The average Bonchev–Trinajstić information content (AvgIpc) is 3.00. The van der Waals surface area contributed by atoms with Gasteiger partial charge in [0.1, 0.15) is 0 Å². The molecule has 0 saturated heterocycles. The highest BCUT2D eigenvalue weighted by atomic mass is 14.6. The minimum Gasteiger partial charge on any atom is -0.263 e. The van der Waals surface area contributed by atoms with Crippen LogP contribution in [0.4, 0.5) is 0 Å². The fourth-order valence-electron chi connectivity index (χ4n) is 6.10. The Kier molecular flexibility index (Phi) is 4.59. The quantitative estimate of drug-likeness (QED) is 0.229. The molecule has 0 radical (unpaired) electrons. The van der Waals surface area contributed by atoms with Crippen LogP contribution in [0.5, 0.6) is 0 Å². The molecule has 1 heteroatoms. The highest BCUT2D eigenvalue weighted by Gasteiger charge is 2.16. The van der Waals surface area contributed by atoms with Crippen LogP contribution in [0.25, 0.3) is 76.5 Å². The van der Waals surface area contributed by atoms with E-state index in [1.165, 1.54) is 65.5 Å². The van der Waals surface area contributed by atoms with E-state index in [1.54, 1.807) is 0 Å². The second-order valence-electron chi connectivity index (χ2n) is 10.0. The van der Waals surface area contributed by atoms with Gasteiger partial charge in [0.2, 0.25) is 0 Å². The summed E-state index contributed by atoms with van der Waals surface area (Å²) in [6.07, 6.45) is 3.91. The van der Waals surface area contributed by atoms with Crippen LogP contribution in [0.15, 0.2) is 140 Å². The molecule has 0 aliphatic carbocycles. The van der Waals surface area contributed by atoms with Crippen LogP contribution in [-0.2, 0) is 0 Å². The highest BCUT2D eigenvalue weighted by Crippen LogP contribution is 2.44. The summed E-state index contributed by atoms with van der Waals surface area (Å²) in [7, 11) is 0. The first kappa shape index (κ1) is 21.1. The molecule has 38 heavy (non-hydrogen) atoms. The third kappa shape index (κ3) is 3.16. The summed E-state index contributed by atoms with van der Waals surface area (Å²) in [4.78, 5) is 4.50. The number of rotatable bonds is 3. The normalized spacial score (nSPS) is 11.7.